The summed E-state index contributed by atoms with van der Waals surface area (Å²) < 4.78 is 14.6. The largest absolute Gasteiger partial charge is 0.242 e. The summed E-state index contributed by atoms with van der Waals surface area (Å²) >= 11 is 5.94. The van der Waals surface area contributed by atoms with Gasteiger partial charge in [0.25, 0.3) is 0 Å². The van der Waals surface area contributed by atoms with Gasteiger partial charge in [-0.15, -0.1) is 13.2 Å². The summed E-state index contributed by atoms with van der Waals surface area (Å²) in [6.45, 7) is 14.2. The molecule has 0 saturated heterocycles. The van der Waals surface area contributed by atoms with Crippen LogP contribution in [0.15, 0.2) is 49.6 Å². The molecule has 122 valence electrons. The lowest BCUT2D eigenvalue weighted by Gasteiger charge is -2.34. The summed E-state index contributed by atoms with van der Waals surface area (Å²) in [6, 6.07) is 7.94. The molecule has 4 heteroatoms. The van der Waals surface area contributed by atoms with E-state index < -0.39 is 11.0 Å². The third-order valence-corrected chi connectivity index (χ3v) is 5.45. The standard InChI is InChI=1S/C18H26ClNOS/c1-6-8-17(14-15-9-11-16(19)12-10-15)20(13-7-2)22(21)18(3,4)5/h6-7,9-12,17H,1-2,8,13-14H2,3-5H3/t17-,22?/m1/s1. The number of hydrogen-bond acceptors (Lipinski definition) is 1. The topological polar surface area (TPSA) is 20.3 Å². The highest BCUT2D eigenvalue weighted by Gasteiger charge is 2.30. The Morgan fingerprint density at radius 3 is 2.27 bits per heavy atom. The molecule has 0 radical (unpaired) electrons. The van der Waals surface area contributed by atoms with Crippen molar-refractivity contribution in [2.24, 2.45) is 0 Å². The number of nitrogens with zero attached hydrogens (tertiary/aromatic N) is 1. The monoisotopic (exact) mass is 339 g/mol. The Morgan fingerprint density at radius 2 is 1.82 bits per heavy atom. The maximum atomic E-state index is 12.8. The van der Waals surface area contributed by atoms with Crippen molar-refractivity contribution in [3.05, 3.63) is 60.2 Å². The first-order valence-electron chi connectivity index (χ1n) is 7.44. The summed E-state index contributed by atoms with van der Waals surface area (Å²) in [5, 5.41) is 0.727. The van der Waals surface area contributed by atoms with Gasteiger partial charge in [-0.1, -0.05) is 35.9 Å². The normalized spacial score (nSPS) is 14.6. The first-order valence-corrected chi connectivity index (χ1v) is 8.93. The molecule has 1 aromatic rings. The minimum Gasteiger partial charge on any atom is -0.242 e. The van der Waals surface area contributed by atoms with Crippen molar-refractivity contribution < 1.29 is 4.21 Å². The van der Waals surface area contributed by atoms with Gasteiger partial charge < -0.3 is 0 Å². The lowest BCUT2D eigenvalue weighted by Crippen LogP contribution is -2.44. The van der Waals surface area contributed by atoms with Crippen molar-refractivity contribution in [2.45, 2.75) is 44.4 Å². The minimum absolute atomic E-state index is 0.122. The minimum atomic E-state index is -1.10. The van der Waals surface area contributed by atoms with Crippen LogP contribution in [0.3, 0.4) is 0 Å². The van der Waals surface area contributed by atoms with Gasteiger partial charge in [-0.2, -0.15) is 0 Å². The van der Waals surface area contributed by atoms with Crippen LogP contribution in [0.25, 0.3) is 0 Å². The highest BCUT2D eigenvalue weighted by atomic mass is 35.5. The number of halogens is 1. The Bertz CT molecular complexity index is 519. The molecule has 0 aliphatic rings. The Labute approximate surface area is 142 Å². The Morgan fingerprint density at radius 1 is 1.23 bits per heavy atom. The average Bonchev–Trinajstić information content (AvgIpc) is 2.45. The van der Waals surface area contributed by atoms with E-state index in [0.29, 0.717) is 6.54 Å². The molecule has 1 rings (SSSR count). The van der Waals surface area contributed by atoms with Crippen LogP contribution in [-0.4, -0.2) is 25.8 Å². The Balaban J connectivity index is 3.02. The van der Waals surface area contributed by atoms with Crippen molar-refractivity contribution in [1.29, 1.82) is 0 Å². The van der Waals surface area contributed by atoms with Crippen LogP contribution >= 0.6 is 11.6 Å². The predicted octanol–water partition coefficient (Wildman–Crippen LogP) is 4.78. The molecule has 0 aromatic heterocycles. The second kappa shape index (κ2) is 8.66. The van der Waals surface area contributed by atoms with Crippen LogP contribution in [0.5, 0.6) is 0 Å². The van der Waals surface area contributed by atoms with Gasteiger partial charge in [0, 0.05) is 17.6 Å². The van der Waals surface area contributed by atoms with Crippen LogP contribution in [0.2, 0.25) is 5.02 Å². The fourth-order valence-corrected chi connectivity index (χ4v) is 3.72. The van der Waals surface area contributed by atoms with E-state index in [-0.39, 0.29) is 10.8 Å². The molecule has 2 nitrogen and oxygen atoms in total. The van der Waals surface area contributed by atoms with Crippen molar-refractivity contribution in [3.8, 4) is 0 Å². The van der Waals surface area contributed by atoms with E-state index in [1.165, 1.54) is 5.56 Å². The van der Waals surface area contributed by atoms with Gasteiger partial charge in [0.2, 0.25) is 0 Å². The third kappa shape index (κ3) is 5.71. The summed E-state index contributed by atoms with van der Waals surface area (Å²) in [7, 11) is -1.10. The quantitative estimate of drug-likeness (QED) is 0.624. The zero-order chi connectivity index (χ0) is 16.8. The highest BCUT2D eigenvalue weighted by Crippen LogP contribution is 2.22. The first kappa shape index (κ1) is 19.1. The molecule has 0 aliphatic heterocycles. The number of rotatable bonds is 8. The van der Waals surface area contributed by atoms with Gasteiger partial charge in [-0.25, -0.2) is 8.51 Å². The molecule has 0 heterocycles. The lowest BCUT2D eigenvalue weighted by atomic mass is 10.0. The van der Waals surface area contributed by atoms with Crippen LogP contribution in [0.1, 0.15) is 32.8 Å². The van der Waals surface area contributed by atoms with Crippen LogP contribution in [0, 0.1) is 0 Å². The van der Waals surface area contributed by atoms with Gasteiger partial charge in [0.15, 0.2) is 0 Å². The van der Waals surface area contributed by atoms with Crippen molar-refractivity contribution >= 4 is 22.6 Å². The molecule has 0 amide bonds. The van der Waals surface area contributed by atoms with E-state index in [2.05, 4.69) is 13.2 Å². The molecule has 0 bridgehead atoms. The van der Waals surface area contributed by atoms with Gasteiger partial charge in [0.1, 0.15) is 11.0 Å². The number of benzene rings is 1. The molecule has 0 spiro atoms. The molecule has 0 aliphatic carbocycles. The van der Waals surface area contributed by atoms with Gasteiger partial charge in [-0.3, -0.25) is 0 Å². The summed E-state index contributed by atoms with van der Waals surface area (Å²) in [6.07, 6.45) is 5.27. The van der Waals surface area contributed by atoms with Crippen molar-refractivity contribution in [3.63, 3.8) is 0 Å². The second-order valence-electron chi connectivity index (χ2n) is 6.26. The van der Waals surface area contributed by atoms with E-state index in [1.54, 1.807) is 0 Å². The third-order valence-electron chi connectivity index (χ3n) is 3.28. The molecule has 22 heavy (non-hydrogen) atoms. The molecular formula is C18H26ClNOS. The lowest BCUT2D eigenvalue weighted by molar-refractivity contribution is 0.354. The van der Waals surface area contributed by atoms with E-state index in [1.807, 2.05) is 61.5 Å². The maximum absolute atomic E-state index is 12.8. The molecule has 0 saturated carbocycles. The highest BCUT2D eigenvalue weighted by molar-refractivity contribution is 7.84. The summed E-state index contributed by atoms with van der Waals surface area (Å²) in [5.74, 6) is 0. The van der Waals surface area contributed by atoms with Crippen LogP contribution < -0.4 is 0 Å². The summed E-state index contributed by atoms with van der Waals surface area (Å²) in [4.78, 5) is 0. The van der Waals surface area contributed by atoms with Crippen molar-refractivity contribution in [1.82, 2.24) is 4.31 Å². The predicted molar refractivity (Wildman–Crippen MR) is 98.6 cm³/mol. The Kier molecular flexibility index (Phi) is 7.54. The molecule has 2 atom stereocenters. The first-order chi connectivity index (χ1) is 10.3. The van der Waals surface area contributed by atoms with E-state index in [0.717, 1.165) is 17.9 Å². The zero-order valence-corrected chi connectivity index (χ0v) is 15.3. The SMILES string of the molecule is C=CC[C@H](Cc1ccc(Cl)cc1)N(CC=C)S(=O)C(C)(C)C. The second-order valence-corrected chi connectivity index (χ2v) is 8.89. The van der Waals surface area contributed by atoms with E-state index >= 15 is 0 Å². The van der Waals surface area contributed by atoms with Crippen LogP contribution in [-0.2, 0) is 17.4 Å². The van der Waals surface area contributed by atoms with Gasteiger partial charge >= 0.3 is 0 Å². The Hall–Kier alpha value is -0.900. The smallest absolute Gasteiger partial charge is 0.100 e. The fraction of sp³-hybridized carbons (Fsp3) is 0.444. The number of hydrogen-bond donors (Lipinski definition) is 0. The van der Waals surface area contributed by atoms with E-state index in [9.17, 15) is 4.21 Å². The van der Waals surface area contributed by atoms with Gasteiger partial charge in [-0.05, 0) is 51.3 Å². The fourth-order valence-electron chi connectivity index (χ4n) is 2.22. The average molecular weight is 340 g/mol. The molecule has 1 aromatic carbocycles. The zero-order valence-electron chi connectivity index (χ0n) is 13.7. The van der Waals surface area contributed by atoms with Crippen molar-refractivity contribution in [2.75, 3.05) is 6.54 Å². The van der Waals surface area contributed by atoms with Gasteiger partial charge in [0.05, 0.1) is 4.75 Å². The molecule has 0 fully saturated rings. The van der Waals surface area contributed by atoms with Crippen LogP contribution in [0.4, 0.5) is 0 Å². The molecular weight excluding hydrogens is 314 g/mol. The molecule has 1 unspecified atom stereocenters. The molecule has 0 N–H and O–H groups in total. The maximum Gasteiger partial charge on any atom is 0.100 e. The summed E-state index contributed by atoms with van der Waals surface area (Å²) in [5.41, 5.74) is 1.18. The van der Waals surface area contributed by atoms with E-state index in [4.69, 9.17) is 11.6 Å².